The Balaban J connectivity index is 2.21. The molecular weight excluding hydrogens is 283 g/mol. The van der Waals surface area contributed by atoms with Crippen LogP contribution < -0.4 is 11.3 Å². The lowest BCUT2D eigenvalue weighted by Crippen LogP contribution is -2.16. The van der Waals surface area contributed by atoms with Gasteiger partial charge >= 0.3 is 6.18 Å². The zero-order valence-electron chi connectivity index (χ0n) is 10.6. The molecule has 0 aliphatic heterocycles. The molecule has 3 rings (SSSR count). The molecule has 0 aliphatic rings. The van der Waals surface area contributed by atoms with E-state index in [1.165, 1.54) is 10.6 Å². The summed E-state index contributed by atoms with van der Waals surface area (Å²) in [5.41, 5.74) is 2.54. The fourth-order valence-corrected chi connectivity index (χ4v) is 1.97. The second-order valence-electron chi connectivity index (χ2n) is 4.33. The van der Waals surface area contributed by atoms with Crippen molar-refractivity contribution in [3.63, 3.8) is 0 Å². The first-order valence-corrected chi connectivity index (χ1v) is 5.99. The third-order valence-electron chi connectivity index (χ3n) is 2.94. The topological polar surface area (TPSA) is 68.2 Å². The van der Waals surface area contributed by atoms with Gasteiger partial charge in [-0.15, -0.1) is 0 Å². The van der Waals surface area contributed by atoms with Crippen LogP contribution in [0.5, 0.6) is 0 Å². The molecule has 0 saturated heterocycles. The summed E-state index contributed by atoms with van der Waals surface area (Å²) in [6.45, 7) is 0. The highest BCUT2D eigenvalue weighted by molar-refractivity contribution is 5.65. The Kier molecular flexibility index (Phi) is 3.02. The first-order chi connectivity index (χ1) is 9.99. The molecule has 2 aromatic heterocycles. The van der Waals surface area contributed by atoms with Gasteiger partial charge in [0, 0.05) is 17.7 Å². The van der Waals surface area contributed by atoms with Gasteiger partial charge in [-0.1, -0.05) is 30.3 Å². The van der Waals surface area contributed by atoms with Crippen molar-refractivity contribution in [3.8, 4) is 11.3 Å². The van der Waals surface area contributed by atoms with E-state index in [4.69, 9.17) is 5.84 Å². The first kappa shape index (κ1) is 13.4. The van der Waals surface area contributed by atoms with Crippen LogP contribution in [0.1, 0.15) is 5.69 Å². The van der Waals surface area contributed by atoms with Crippen LogP contribution in [0.25, 0.3) is 16.9 Å². The molecular formula is C13H10F3N5. The molecule has 0 spiro atoms. The normalized spacial score (nSPS) is 11.8. The van der Waals surface area contributed by atoms with Gasteiger partial charge in [-0.05, 0) is 0 Å². The maximum Gasteiger partial charge on any atom is 0.433 e. The van der Waals surface area contributed by atoms with E-state index in [9.17, 15) is 13.2 Å². The Morgan fingerprint density at radius 1 is 1.10 bits per heavy atom. The van der Waals surface area contributed by atoms with Gasteiger partial charge in [0.05, 0.1) is 5.69 Å². The Bertz CT molecular complexity index is 780. The minimum absolute atomic E-state index is 0.00880. The second kappa shape index (κ2) is 4.74. The van der Waals surface area contributed by atoms with Crippen molar-refractivity contribution in [3.05, 3.63) is 48.2 Å². The first-order valence-electron chi connectivity index (χ1n) is 5.99. The predicted molar refractivity (Wildman–Crippen MR) is 71.2 cm³/mol. The number of halogens is 3. The summed E-state index contributed by atoms with van der Waals surface area (Å²) >= 11 is 0. The van der Waals surface area contributed by atoms with E-state index in [2.05, 4.69) is 15.5 Å². The Hall–Kier alpha value is -2.61. The number of hydrogen-bond donors (Lipinski definition) is 2. The molecule has 21 heavy (non-hydrogen) atoms. The van der Waals surface area contributed by atoms with Crippen molar-refractivity contribution in [1.82, 2.24) is 14.6 Å². The third kappa shape index (κ3) is 2.40. The van der Waals surface area contributed by atoms with Crippen LogP contribution in [-0.2, 0) is 6.18 Å². The van der Waals surface area contributed by atoms with Gasteiger partial charge in [-0.3, -0.25) is 0 Å². The maximum atomic E-state index is 12.8. The Morgan fingerprint density at radius 3 is 2.43 bits per heavy atom. The van der Waals surface area contributed by atoms with Gasteiger partial charge < -0.3 is 5.43 Å². The number of hydrazine groups is 1. The molecule has 0 aliphatic carbocycles. The fourth-order valence-electron chi connectivity index (χ4n) is 1.97. The number of benzene rings is 1. The summed E-state index contributed by atoms with van der Waals surface area (Å²) in [6.07, 6.45) is -4.55. The number of fused-ring (bicyclic) bond motifs is 1. The molecule has 1 aromatic carbocycles. The number of nitrogens with two attached hydrogens (primary N) is 1. The standard InChI is InChI=1S/C13H10F3N5/c14-13(15,16)10-7-12(19-17)21-11(18-10)6-9(20-21)8-4-2-1-3-5-8/h1-7,19H,17H2. The highest BCUT2D eigenvalue weighted by Gasteiger charge is 2.33. The van der Waals surface area contributed by atoms with Crippen LogP contribution in [0.4, 0.5) is 19.0 Å². The average molecular weight is 293 g/mol. The Labute approximate surface area is 117 Å². The number of nitrogens with zero attached hydrogens (tertiary/aromatic N) is 3. The van der Waals surface area contributed by atoms with Crippen molar-refractivity contribution in [1.29, 1.82) is 0 Å². The number of rotatable bonds is 2. The monoisotopic (exact) mass is 293 g/mol. The molecule has 0 saturated carbocycles. The number of nitrogens with one attached hydrogen (secondary N) is 1. The highest BCUT2D eigenvalue weighted by Crippen LogP contribution is 2.30. The van der Waals surface area contributed by atoms with Gasteiger partial charge in [0.1, 0.15) is 5.82 Å². The van der Waals surface area contributed by atoms with E-state index in [1.54, 1.807) is 0 Å². The van der Waals surface area contributed by atoms with Crippen LogP contribution in [-0.4, -0.2) is 14.6 Å². The quantitative estimate of drug-likeness (QED) is 0.563. The number of alkyl halides is 3. The number of anilines is 1. The molecule has 0 radical (unpaired) electrons. The van der Waals surface area contributed by atoms with Crippen LogP contribution in [0.3, 0.4) is 0 Å². The van der Waals surface area contributed by atoms with Crippen LogP contribution in [0.15, 0.2) is 42.5 Å². The van der Waals surface area contributed by atoms with Crippen molar-refractivity contribution >= 4 is 11.5 Å². The maximum absolute atomic E-state index is 12.8. The predicted octanol–water partition coefficient (Wildman–Crippen LogP) is 2.70. The molecule has 0 amide bonds. The lowest BCUT2D eigenvalue weighted by Gasteiger charge is -2.09. The summed E-state index contributed by atoms with van der Waals surface area (Å²) in [4.78, 5) is 3.58. The lowest BCUT2D eigenvalue weighted by molar-refractivity contribution is -0.141. The third-order valence-corrected chi connectivity index (χ3v) is 2.94. The SMILES string of the molecule is NNc1cc(C(F)(F)F)nc2cc(-c3ccccc3)nn12. The van der Waals surface area contributed by atoms with Gasteiger partial charge in [-0.2, -0.15) is 22.8 Å². The zero-order valence-corrected chi connectivity index (χ0v) is 10.6. The summed E-state index contributed by atoms with van der Waals surface area (Å²) in [7, 11) is 0. The van der Waals surface area contributed by atoms with E-state index in [0.29, 0.717) is 5.69 Å². The largest absolute Gasteiger partial charge is 0.433 e. The molecule has 8 heteroatoms. The van der Waals surface area contributed by atoms with Gasteiger partial charge in [0.15, 0.2) is 11.3 Å². The summed E-state index contributed by atoms with van der Waals surface area (Å²) in [6, 6.07) is 11.4. The molecule has 5 nitrogen and oxygen atoms in total. The molecule has 108 valence electrons. The summed E-state index contributed by atoms with van der Waals surface area (Å²) in [5.74, 6) is 5.28. The molecule has 0 atom stereocenters. The van der Waals surface area contributed by atoms with E-state index in [0.717, 1.165) is 11.6 Å². The highest BCUT2D eigenvalue weighted by atomic mass is 19.4. The molecule has 3 aromatic rings. The fraction of sp³-hybridized carbons (Fsp3) is 0.0769. The molecule has 2 heterocycles. The van der Waals surface area contributed by atoms with Crippen LogP contribution in [0.2, 0.25) is 0 Å². The smallest absolute Gasteiger partial charge is 0.308 e. The molecule has 0 fully saturated rings. The van der Waals surface area contributed by atoms with Gasteiger partial charge in [0.2, 0.25) is 0 Å². The summed E-state index contributed by atoms with van der Waals surface area (Å²) < 4.78 is 39.6. The van der Waals surface area contributed by atoms with Crippen molar-refractivity contribution < 1.29 is 13.2 Å². The van der Waals surface area contributed by atoms with E-state index >= 15 is 0 Å². The van der Waals surface area contributed by atoms with Gasteiger partial charge in [-0.25, -0.2) is 10.8 Å². The minimum atomic E-state index is -4.55. The average Bonchev–Trinajstić information content (AvgIpc) is 2.90. The van der Waals surface area contributed by atoms with Crippen LogP contribution in [0, 0.1) is 0 Å². The van der Waals surface area contributed by atoms with Crippen molar-refractivity contribution in [2.45, 2.75) is 6.18 Å². The van der Waals surface area contributed by atoms with Crippen molar-refractivity contribution in [2.24, 2.45) is 5.84 Å². The molecule has 0 unspecified atom stereocenters. The van der Waals surface area contributed by atoms with Gasteiger partial charge in [0.25, 0.3) is 0 Å². The van der Waals surface area contributed by atoms with E-state index in [-0.39, 0.29) is 11.5 Å². The molecule has 3 N–H and O–H groups in total. The van der Waals surface area contributed by atoms with E-state index in [1.807, 2.05) is 30.3 Å². The minimum Gasteiger partial charge on any atom is -0.308 e. The lowest BCUT2D eigenvalue weighted by atomic mass is 10.2. The Morgan fingerprint density at radius 2 is 1.81 bits per heavy atom. The number of nitrogen functional groups attached to an aromatic ring is 1. The summed E-state index contributed by atoms with van der Waals surface area (Å²) in [5, 5.41) is 4.22. The van der Waals surface area contributed by atoms with Crippen molar-refractivity contribution in [2.75, 3.05) is 5.43 Å². The molecule has 0 bridgehead atoms. The number of aromatic nitrogens is 3. The van der Waals surface area contributed by atoms with E-state index < -0.39 is 11.9 Å². The zero-order chi connectivity index (χ0) is 15.0. The second-order valence-corrected chi connectivity index (χ2v) is 4.33. The van der Waals surface area contributed by atoms with Crippen LogP contribution >= 0.6 is 0 Å². The number of hydrogen-bond acceptors (Lipinski definition) is 4.